The summed E-state index contributed by atoms with van der Waals surface area (Å²) in [6.45, 7) is 0. The van der Waals surface area contributed by atoms with E-state index in [2.05, 4.69) is 0 Å². The minimum atomic E-state index is -0.421. The van der Waals surface area contributed by atoms with E-state index in [1.165, 1.54) is 12.5 Å². The van der Waals surface area contributed by atoms with Crippen molar-refractivity contribution in [3.05, 3.63) is 34.6 Å². The maximum absolute atomic E-state index is 13.7. The minimum absolute atomic E-state index is 0.143. The van der Waals surface area contributed by atoms with E-state index in [1.54, 1.807) is 12.1 Å². The lowest BCUT2D eigenvalue weighted by Gasteiger charge is -2.19. The van der Waals surface area contributed by atoms with Crippen molar-refractivity contribution < 1.29 is 9.50 Å². The largest absolute Gasteiger partial charge is 0.392 e. The maximum Gasteiger partial charge on any atom is 0.145 e. The van der Waals surface area contributed by atoms with Crippen LogP contribution in [0.1, 0.15) is 24.8 Å². The molecule has 0 heterocycles. The Morgan fingerprint density at radius 2 is 2.00 bits per heavy atom. The summed E-state index contributed by atoms with van der Waals surface area (Å²) in [5.74, 6) is 1.67. The van der Waals surface area contributed by atoms with Crippen molar-refractivity contribution >= 4 is 11.6 Å². The van der Waals surface area contributed by atoms with E-state index in [-0.39, 0.29) is 10.8 Å². The molecule has 92 valence electrons. The Morgan fingerprint density at radius 1 is 1.29 bits per heavy atom. The summed E-state index contributed by atoms with van der Waals surface area (Å²) >= 11 is 5.73. The van der Waals surface area contributed by atoms with E-state index in [9.17, 15) is 9.50 Å². The summed E-state index contributed by atoms with van der Waals surface area (Å²) in [4.78, 5) is 0. The van der Waals surface area contributed by atoms with Gasteiger partial charge in [0.2, 0.25) is 0 Å². The molecule has 2 aliphatic carbocycles. The molecule has 1 nitrogen and oxygen atoms in total. The van der Waals surface area contributed by atoms with Gasteiger partial charge < -0.3 is 5.11 Å². The van der Waals surface area contributed by atoms with Gasteiger partial charge in [0.05, 0.1) is 11.1 Å². The number of fused-ring (bicyclic) bond motifs is 1. The second kappa shape index (κ2) is 4.25. The highest BCUT2D eigenvalue weighted by Gasteiger charge is 2.47. The fourth-order valence-electron chi connectivity index (χ4n) is 3.17. The van der Waals surface area contributed by atoms with Crippen LogP contribution in [-0.2, 0) is 6.42 Å². The summed E-state index contributed by atoms with van der Waals surface area (Å²) in [6, 6.07) is 4.98. The average Bonchev–Trinajstić information content (AvgIpc) is 2.92. The van der Waals surface area contributed by atoms with E-state index in [4.69, 9.17) is 11.6 Å². The van der Waals surface area contributed by atoms with Crippen molar-refractivity contribution in [3.8, 4) is 0 Å². The molecule has 3 heteroatoms. The van der Waals surface area contributed by atoms with Crippen molar-refractivity contribution in [3.63, 3.8) is 0 Å². The van der Waals surface area contributed by atoms with Gasteiger partial charge in [0.25, 0.3) is 0 Å². The zero-order valence-corrected chi connectivity index (χ0v) is 10.3. The smallest absolute Gasteiger partial charge is 0.145 e. The van der Waals surface area contributed by atoms with Gasteiger partial charge in [-0.2, -0.15) is 0 Å². The Bertz CT molecular complexity index is 424. The Kier molecular flexibility index (Phi) is 2.87. The van der Waals surface area contributed by atoms with Gasteiger partial charge in [0.15, 0.2) is 0 Å². The van der Waals surface area contributed by atoms with Gasteiger partial charge in [0, 0.05) is 6.42 Å². The lowest BCUT2D eigenvalue weighted by atomic mass is 9.92. The highest BCUT2D eigenvalue weighted by molar-refractivity contribution is 6.30. The Balaban J connectivity index is 1.67. The van der Waals surface area contributed by atoms with Crippen molar-refractivity contribution in [1.29, 1.82) is 0 Å². The summed E-state index contributed by atoms with van der Waals surface area (Å²) in [6.07, 6.45) is 3.54. The molecule has 0 aliphatic heterocycles. The third-order valence-corrected chi connectivity index (χ3v) is 4.58. The molecule has 1 N–H and O–H groups in total. The first kappa shape index (κ1) is 11.5. The molecule has 2 aliphatic rings. The summed E-state index contributed by atoms with van der Waals surface area (Å²) < 4.78 is 13.7. The molecular formula is C14H16ClFO. The zero-order valence-electron chi connectivity index (χ0n) is 9.57. The monoisotopic (exact) mass is 254 g/mol. The number of hydrogen-bond acceptors (Lipinski definition) is 1. The summed E-state index contributed by atoms with van der Waals surface area (Å²) in [5.41, 5.74) is 0.533. The third kappa shape index (κ3) is 2.21. The molecule has 3 rings (SSSR count). The third-order valence-electron chi connectivity index (χ3n) is 4.28. The van der Waals surface area contributed by atoms with E-state index in [0.717, 1.165) is 24.7 Å². The molecule has 1 aromatic rings. The number of aliphatic hydroxyl groups is 1. The SMILES string of the molecule is OC(Cc1cccc(Cl)c1F)C1CC2CC2C1. The predicted molar refractivity (Wildman–Crippen MR) is 65.4 cm³/mol. The fraction of sp³-hybridized carbons (Fsp3) is 0.571. The predicted octanol–water partition coefficient (Wildman–Crippen LogP) is 3.43. The molecule has 2 fully saturated rings. The molecule has 0 radical (unpaired) electrons. The minimum Gasteiger partial charge on any atom is -0.392 e. The van der Waals surface area contributed by atoms with Gasteiger partial charge in [-0.1, -0.05) is 23.7 Å². The molecule has 0 aromatic heterocycles. The lowest BCUT2D eigenvalue weighted by Crippen LogP contribution is -2.22. The average molecular weight is 255 g/mol. The molecule has 2 saturated carbocycles. The van der Waals surface area contributed by atoms with Crippen LogP contribution in [0.25, 0.3) is 0 Å². The lowest BCUT2D eigenvalue weighted by molar-refractivity contribution is 0.103. The van der Waals surface area contributed by atoms with Crippen LogP contribution in [0.4, 0.5) is 4.39 Å². The molecule has 0 amide bonds. The summed E-state index contributed by atoms with van der Waals surface area (Å²) in [5, 5.41) is 10.3. The summed E-state index contributed by atoms with van der Waals surface area (Å²) in [7, 11) is 0. The van der Waals surface area contributed by atoms with E-state index < -0.39 is 6.10 Å². The van der Waals surface area contributed by atoms with E-state index in [1.807, 2.05) is 0 Å². The van der Waals surface area contributed by atoms with Crippen LogP contribution in [0.2, 0.25) is 5.02 Å². The Morgan fingerprint density at radius 3 is 2.71 bits per heavy atom. The molecule has 0 saturated heterocycles. The first-order chi connectivity index (χ1) is 8.15. The normalized spacial score (nSPS) is 32.3. The second-order valence-electron chi connectivity index (χ2n) is 5.47. The topological polar surface area (TPSA) is 20.2 Å². The van der Waals surface area contributed by atoms with Crippen LogP contribution in [0.5, 0.6) is 0 Å². The molecule has 0 spiro atoms. The number of benzene rings is 1. The first-order valence-electron chi connectivity index (χ1n) is 6.26. The van der Waals surface area contributed by atoms with Crippen molar-refractivity contribution in [1.82, 2.24) is 0 Å². The Labute approximate surface area is 106 Å². The highest BCUT2D eigenvalue weighted by atomic mass is 35.5. The standard InChI is InChI=1S/C14H16ClFO/c15-12-3-1-2-8(14(12)16)7-13(17)11-5-9-4-10(9)6-11/h1-3,9-11,13,17H,4-7H2. The Hall–Kier alpha value is -0.600. The van der Waals surface area contributed by atoms with E-state index in [0.29, 0.717) is 17.9 Å². The number of rotatable bonds is 3. The number of hydrogen-bond donors (Lipinski definition) is 1. The molecule has 0 bridgehead atoms. The van der Waals surface area contributed by atoms with Gasteiger partial charge in [-0.05, 0) is 48.6 Å². The second-order valence-corrected chi connectivity index (χ2v) is 5.88. The maximum atomic E-state index is 13.7. The molecule has 3 atom stereocenters. The first-order valence-corrected chi connectivity index (χ1v) is 6.64. The van der Waals surface area contributed by atoms with Gasteiger partial charge in [-0.25, -0.2) is 4.39 Å². The van der Waals surface area contributed by atoms with E-state index >= 15 is 0 Å². The van der Waals surface area contributed by atoms with Crippen molar-refractivity contribution in [2.45, 2.75) is 31.8 Å². The number of aliphatic hydroxyl groups excluding tert-OH is 1. The molecule has 17 heavy (non-hydrogen) atoms. The van der Waals surface area contributed by atoms with Gasteiger partial charge in [-0.3, -0.25) is 0 Å². The molecule has 3 unspecified atom stereocenters. The van der Waals surface area contributed by atoms with Crippen LogP contribution in [-0.4, -0.2) is 11.2 Å². The van der Waals surface area contributed by atoms with Crippen LogP contribution < -0.4 is 0 Å². The fourth-order valence-corrected chi connectivity index (χ4v) is 3.37. The van der Waals surface area contributed by atoms with Crippen molar-refractivity contribution in [2.75, 3.05) is 0 Å². The van der Waals surface area contributed by atoms with Gasteiger partial charge in [0.1, 0.15) is 5.82 Å². The zero-order chi connectivity index (χ0) is 12.0. The van der Waals surface area contributed by atoms with Crippen LogP contribution in [0.3, 0.4) is 0 Å². The van der Waals surface area contributed by atoms with Crippen molar-refractivity contribution in [2.24, 2.45) is 17.8 Å². The number of halogens is 2. The highest BCUT2D eigenvalue weighted by Crippen LogP contribution is 2.55. The van der Waals surface area contributed by atoms with Gasteiger partial charge in [-0.15, -0.1) is 0 Å². The quantitative estimate of drug-likeness (QED) is 0.876. The van der Waals surface area contributed by atoms with Gasteiger partial charge >= 0.3 is 0 Å². The van der Waals surface area contributed by atoms with Crippen LogP contribution in [0.15, 0.2) is 18.2 Å². The van der Waals surface area contributed by atoms with Crippen LogP contribution in [0, 0.1) is 23.6 Å². The molecular weight excluding hydrogens is 239 g/mol. The molecule has 1 aromatic carbocycles. The van der Waals surface area contributed by atoms with Crippen LogP contribution >= 0.6 is 11.6 Å².